The molecule has 2 aromatic rings. The van der Waals surface area contributed by atoms with Crippen LogP contribution in [0.1, 0.15) is 28.2 Å². The molecule has 112 valence electrons. The summed E-state index contributed by atoms with van der Waals surface area (Å²) in [6, 6.07) is 3.78. The van der Waals surface area contributed by atoms with E-state index in [2.05, 4.69) is 10.3 Å². The molecule has 2 heterocycles. The number of aryl methyl sites for hydroxylation is 3. The number of carbonyl (C=O) groups is 1. The molecule has 0 aliphatic rings. The highest BCUT2D eigenvalue weighted by molar-refractivity contribution is 7.09. The predicted molar refractivity (Wildman–Crippen MR) is 85.0 cm³/mol. The Hall–Kier alpha value is -1.95. The Balaban J connectivity index is 2.00. The summed E-state index contributed by atoms with van der Waals surface area (Å²) in [5.74, 6) is 0.422. The molecule has 0 saturated heterocycles. The lowest BCUT2D eigenvalue weighted by molar-refractivity contribution is -0.116. The number of nitrogens with one attached hydrogen (secondary N) is 1. The van der Waals surface area contributed by atoms with Gasteiger partial charge in [0.05, 0.1) is 0 Å². The van der Waals surface area contributed by atoms with Gasteiger partial charge in [0.15, 0.2) is 0 Å². The van der Waals surface area contributed by atoms with Gasteiger partial charge in [-0.1, -0.05) is 11.3 Å². The van der Waals surface area contributed by atoms with Gasteiger partial charge in [-0.15, -0.1) is 0 Å². The minimum Gasteiger partial charge on any atom is -0.311 e. The Bertz CT molecular complexity index is 711. The zero-order chi connectivity index (χ0) is 15.6. The van der Waals surface area contributed by atoms with Crippen molar-refractivity contribution in [1.29, 1.82) is 0 Å². The third-order valence-corrected chi connectivity index (χ3v) is 4.30. The molecule has 0 unspecified atom stereocenters. The average molecular weight is 305 g/mol. The summed E-state index contributed by atoms with van der Waals surface area (Å²) >= 11 is 1.22. The molecule has 0 aliphatic carbocycles. The quantitative estimate of drug-likeness (QED) is 0.944. The van der Waals surface area contributed by atoms with E-state index in [1.54, 1.807) is 4.57 Å². The molecule has 0 spiro atoms. The molecule has 0 fully saturated rings. The number of pyridine rings is 1. The fourth-order valence-corrected chi connectivity index (χ4v) is 3.03. The molecule has 2 aromatic heterocycles. The monoisotopic (exact) mass is 305 g/mol. The molecule has 0 saturated carbocycles. The molecule has 0 bridgehead atoms. The second-order valence-corrected chi connectivity index (χ2v) is 6.30. The van der Waals surface area contributed by atoms with Crippen LogP contribution in [0.4, 0.5) is 5.82 Å². The van der Waals surface area contributed by atoms with Crippen molar-refractivity contribution < 1.29 is 4.79 Å². The van der Waals surface area contributed by atoms with E-state index < -0.39 is 0 Å². The standard InChI is InChI=1S/C15H19N3O2S/c1-9-7-10(2)16-13(8-9)17-14(19)5-6-18-11(3)12(4)21-15(18)20/h7-8H,5-6H2,1-4H3,(H,16,17,19). The van der Waals surface area contributed by atoms with Crippen LogP contribution in [-0.4, -0.2) is 15.5 Å². The van der Waals surface area contributed by atoms with Crippen LogP contribution in [0, 0.1) is 27.7 Å². The van der Waals surface area contributed by atoms with Gasteiger partial charge in [0.25, 0.3) is 0 Å². The number of nitrogens with zero attached hydrogens (tertiary/aromatic N) is 2. The van der Waals surface area contributed by atoms with E-state index >= 15 is 0 Å². The fraction of sp³-hybridized carbons (Fsp3) is 0.400. The Morgan fingerprint density at radius 2 is 2.00 bits per heavy atom. The molecule has 5 nitrogen and oxygen atoms in total. The normalized spacial score (nSPS) is 10.7. The van der Waals surface area contributed by atoms with Gasteiger partial charge < -0.3 is 9.88 Å². The van der Waals surface area contributed by atoms with Crippen molar-refractivity contribution in [3.63, 3.8) is 0 Å². The Kier molecular flexibility index (Phi) is 4.57. The number of hydrogen-bond acceptors (Lipinski definition) is 4. The number of carbonyl (C=O) groups excluding carboxylic acids is 1. The van der Waals surface area contributed by atoms with Crippen molar-refractivity contribution in [2.45, 2.75) is 40.7 Å². The molecule has 1 N–H and O–H groups in total. The summed E-state index contributed by atoms with van der Waals surface area (Å²) in [5, 5.41) is 2.78. The average Bonchev–Trinajstić information content (AvgIpc) is 2.60. The van der Waals surface area contributed by atoms with E-state index in [0.29, 0.717) is 12.4 Å². The lowest BCUT2D eigenvalue weighted by Gasteiger charge is -2.08. The summed E-state index contributed by atoms with van der Waals surface area (Å²) in [6.07, 6.45) is 0.256. The van der Waals surface area contributed by atoms with E-state index in [4.69, 9.17) is 0 Å². The number of aromatic nitrogens is 2. The van der Waals surface area contributed by atoms with E-state index in [9.17, 15) is 9.59 Å². The van der Waals surface area contributed by atoms with Crippen LogP contribution in [0.3, 0.4) is 0 Å². The van der Waals surface area contributed by atoms with Gasteiger partial charge in [0.1, 0.15) is 5.82 Å². The lowest BCUT2D eigenvalue weighted by atomic mass is 10.2. The SMILES string of the molecule is Cc1cc(C)nc(NC(=O)CCn2c(C)c(C)sc2=O)c1. The smallest absolute Gasteiger partial charge is 0.307 e. The number of anilines is 1. The molecule has 0 radical (unpaired) electrons. The van der Waals surface area contributed by atoms with Crippen LogP contribution in [0.25, 0.3) is 0 Å². The maximum absolute atomic E-state index is 12.0. The molecule has 2 rings (SSSR count). The van der Waals surface area contributed by atoms with Gasteiger partial charge in [0.2, 0.25) is 5.91 Å². The zero-order valence-corrected chi connectivity index (χ0v) is 13.5. The summed E-state index contributed by atoms with van der Waals surface area (Å²) in [5.41, 5.74) is 2.85. The van der Waals surface area contributed by atoms with Gasteiger partial charge in [-0.2, -0.15) is 0 Å². The third-order valence-electron chi connectivity index (χ3n) is 3.30. The molecular weight excluding hydrogens is 286 g/mol. The Morgan fingerprint density at radius 1 is 1.29 bits per heavy atom. The summed E-state index contributed by atoms with van der Waals surface area (Å²) in [6.45, 7) is 8.06. The van der Waals surface area contributed by atoms with Gasteiger partial charge in [-0.25, -0.2) is 4.98 Å². The largest absolute Gasteiger partial charge is 0.311 e. The van der Waals surface area contributed by atoms with E-state index in [1.165, 1.54) is 11.3 Å². The first-order valence-corrected chi connectivity index (χ1v) is 7.60. The maximum atomic E-state index is 12.0. The number of hydrogen-bond donors (Lipinski definition) is 1. The second-order valence-electron chi connectivity index (χ2n) is 5.13. The molecule has 6 heteroatoms. The van der Waals surface area contributed by atoms with Crippen LogP contribution in [0.15, 0.2) is 16.9 Å². The molecule has 0 aliphatic heterocycles. The summed E-state index contributed by atoms with van der Waals surface area (Å²) in [4.78, 5) is 29.0. The van der Waals surface area contributed by atoms with Crippen LogP contribution >= 0.6 is 11.3 Å². The minimum atomic E-state index is -0.136. The van der Waals surface area contributed by atoms with Crippen molar-refractivity contribution in [2.75, 3.05) is 5.32 Å². The zero-order valence-electron chi connectivity index (χ0n) is 12.7. The first-order chi connectivity index (χ1) is 9.86. The van der Waals surface area contributed by atoms with E-state index in [1.807, 2.05) is 39.8 Å². The molecule has 0 atom stereocenters. The fourth-order valence-electron chi connectivity index (χ4n) is 2.17. The molecule has 21 heavy (non-hydrogen) atoms. The highest BCUT2D eigenvalue weighted by atomic mass is 32.1. The van der Waals surface area contributed by atoms with Crippen molar-refractivity contribution in [3.8, 4) is 0 Å². The van der Waals surface area contributed by atoms with E-state index in [0.717, 1.165) is 21.8 Å². The third kappa shape index (κ3) is 3.78. The van der Waals surface area contributed by atoms with Crippen LogP contribution in [0.2, 0.25) is 0 Å². The Morgan fingerprint density at radius 3 is 2.57 bits per heavy atom. The Labute approximate surface area is 127 Å². The van der Waals surface area contributed by atoms with Gasteiger partial charge in [-0.05, 0) is 45.4 Å². The van der Waals surface area contributed by atoms with Crippen molar-refractivity contribution in [1.82, 2.24) is 9.55 Å². The number of rotatable bonds is 4. The van der Waals surface area contributed by atoms with Crippen LogP contribution in [-0.2, 0) is 11.3 Å². The van der Waals surface area contributed by atoms with Gasteiger partial charge in [0, 0.05) is 29.2 Å². The molecule has 0 aromatic carbocycles. The van der Waals surface area contributed by atoms with E-state index in [-0.39, 0.29) is 17.2 Å². The summed E-state index contributed by atoms with van der Waals surface area (Å²) < 4.78 is 1.65. The first-order valence-electron chi connectivity index (χ1n) is 6.79. The second kappa shape index (κ2) is 6.22. The first kappa shape index (κ1) is 15.4. The number of amides is 1. The topological polar surface area (TPSA) is 64.0 Å². The maximum Gasteiger partial charge on any atom is 0.307 e. The van der Waals surface area contributed by atoms with Crippen molar-refractivity contribution in [2.24, 2.45) is 0 Å². The minimum absolute atomic E-state index is 0.0117. The van der Waals surface area contributed by atoms with Crippen LogP contribution < -0.4 is 10.2 Å². The number of thiazole rings is 1. The van der Waals surface area contributed by atoms with Crippen molar-refractivity contribution in [3.05, 3.63) is 43.6 Å². The van der Waals surface area contributed by atoms with Crippen molar-refractivity contribution >= 4 is 23.1 Å². The summed E-state index contributed by atoms with van der Waals surface area (Å²) in [7, 11) is 0. The van der Waals surface area contributed by atoms with Gasteiger partial charge >= 0.3 is 4.87 Å². The lowest BCUT2D eigenvalue weighted by Crippen LogP contribution is -2.20. The highest BCUT2D eigenvalue weighted by Crippen LogP contribution is 2.11. The highest BCUT2D eigenvalue weighted by Gasteiger charge is 2.10. The van der Waals surface area contributed by atoms with Gasteiger partial charge in [-0.3, -0.25) is 9.59 Å². The van der Waals surface area contributed by atoms with Crippen LogP contribution in [0.5, 0.6) is 0 Å². The molecular formula is C15H19N3O2S. The molecule has 1 amide bonds. The predicted octanol–water partition coefficient (Wildman–Crippen LogP) is 2.57.